The summed E-state index contributed by atoms with van der Waals surface area (Å²) in [6.45, 7) is 9.59. The van der Waals surface area contributed by atoms with Gasteiger partial charge in [-0.05, 0) is 34.2 Å². The Bertz CT molecular complexity index is 219. The fourth-order valence-corrected chi connectivity index (χ4v) is 1.54. The number of carboxylic acids is 1. The van der Waals surface area contributed by atoms with Crippen LogP contribution in [0.5, 0.6) is 0 Å². The third-order valence-electron chi connectivity index (χ3n) is 3.08. The number of carbonyl (C=O) groups is 1. The largest absolute Gasteiger partial charge is 0.480 e. The zero-order chi connectivity index (χ0) is 12.8. The van der Waals surface area contributed by atoms with Gasteiger partial charge in [-0.3, -0.25) is 4.79 Å². The third kappa shape index (κ3) is 4.94. The van der Waals surface area contributed by atoms with Crippen LogP contribution in [-0.2, 0) is 4.79 Å². The van der Waals surface area contributed by atoms with Gasteiger partial charge in [0.1, 0.15) is 5.54 Å². The summed E-state index contributed by atoms with van der Waals surface area (Å²) >= 11 is 0. The van der Waals surface area contributed by atoms with Gasteiger partial charge in [0.2, 0.25) is 0 Å². The molecule has 0 aromatic carbocycles. The minimum atomic E-state index is -0.785. The average Bonchev–Trinajstić information content (AvgIpc) is 2.17. The second-order valence-electron chi connectivity index (χ2n) is 4.89. The van der Waals surface area contributed by atoms with Crippen LogP contribution in [0.25, 0.3) is 0 Å². The molecule has 0 aliphatic carbocycles. The van der Waals surface area contributed by atoms with Crippen molar-refractivity contribution in [3.63, 3.8) is 0 Å². The highest BCUT2D eigenvalue weighted by molar-refractivity contribution is 5.78. The van der Waals surface area contributed by atoms with E-state index in [1.54, 1.807) is 6.92 Å². The predicted octanol–water partition coefficient (Wildman–Crippen LogP) is 1.56. The van der Waals surface area contributed by atoms with Crippen LogP contribution in [0.1, 0.15) is 40.5 Å². The van der Waals surface area contributed by atoms with Crippen molar-refractivity contribution < 1.29 is 9.90 Å². The van der Waals surface area contributed by atoms with Crippen molar-refractivity contribution >= 4 is 5.97 Å². The summed E-state index contributed by atoms with van der Waals surface area (Å²) in [5, 5.41) is 12.3. The summed E-state index contributed by atoms with van der Waals surface area (Å²) in [4.78, 5) is 13.3. The minimum absolute atomic E-state index is 0.490. The van der Waals surface area contributed by atoms with E-state index in [0.717, 1.165) is 13.0 Å². The molecule has 1 atom stereocenters. The van der Waals surface area contributed by atoms with Crippen LogP contribution in [0.3, 0.4) is 0 Å². The molecule has 4 heteroatoms. The first-order chi connectivity index (χ1) is 7.33. The molecule has 0 fully saturated rings. The molecule has 96 valence electrons. The molecule has 0 aromatic heterocycles. The monoisotopic (exact) mass is 230 g/mol. The molecule has 0 bridgehead atoms. The lowest BCUT2D eigenvalue weighted by atomic mass is 9.96. The van der Waals surface area contributed by atoms with Crippen molar-refractivity contribution in [1.29, 1.82) is 0 Å². The molecule has 16 heavy (non-hydrogen) atoms. The number of nitrogens with zero attached hydrogens (tertiary/aromatic N) is 1. The lowest BCUT2D eigenvalue weighted by Gasteiger charge is -2.28. The molecule has 0 spiro atoms. The number of aliphatic carboxylic acids is 1. The molecule has 1 unspecified atom stereocenters. The van der Waals surface area contributed by atoms with Crippen LogP contribution in [-0.4, -0.2) is 47.7 Å². The van der Waals surface area contributed by atoms with E-state index in [0.29, 0.717) is 19.0 Å². The van der Waals surface area contributed by atoms with Gasteiger partial charge >= 0.3 is 5.97 Å². The highest BCUT2D eigenvalue weighted by atomic mass is 16.4. The molecule has 2 N–H and O–H groups in total. The smallest absolute Gasteiger partial charge is 0.323 e. The fraction of sp³-hybridized carbons (Fsp3) is 0.917. The lowest BCUT2D eigenvalue weighted by molar-refractivity contribution is -0.144. The van der Waals surface area contributed by atoms with Gasteiger partial charge in [-0.1, -0.05) is 13.3 Å². The standard InChI is InChI=1S/C12H26N2O2/c1-6-7-12(4,11(15)16)13-8-9-14(5)10(2)3/h10,13H,6-9H2,1-5H3,(H,15,16). The van der Waals surface area contributed by atoms with Gasteiger partial charge in [0, 0.05) is 19.1 Å². The third-order valence-corrected chi connectivity index (χ3v) is 3.08. The molecule has 0 aromatic rings. The molecular formula is C12H26N2O2. The molecule has 0 rings (SSSR count). The zero-order valence-corrected chi connectivity index (χ0v) is 11.2. The maximum Gasteiger partial charge on any atom is 0.323 e. The maximum absolute atomic E-state index is 11.1. The first-order valence-electron chi connectivity index (χ1n) is 6.02. The summed E-state index contributed by atoms with van der Waals surface area (Å²) in [5.74, 6) is -0.762. The van der Waals surface area contributed by atoms with Gasteiger partial charge in [0.15, 0.2) is 0 Å². The van der Waals surface area contributed by atoms with Gasteiger partial charge in [-0.25, -0.2) is 0 Å². The van der Waals surface area contributed by atoms with E-state index in [1.807, 2.05) is 14.0 Å². The number of nitrogens with one attached hydrogen (secondary N) is 1. The zero-order valence-electron chi connectivity index (χ0n) is 11.2. The Morgan fingerprint density at radius 1 is 1.50 bits per heavy atom. The van der Waals surface area contributed by atoms with Crippen LogP contribution in [0.4, 0.5) is 0 Å². The topological polar surface area (TPSA) is 52.6 Å². The van der Waals surface area contributed by atoms with E-state index in [9.17, 15) is 4.79 Å². The Labute approximate surface area is 99.0 Å². The van der Waals surface area contributed by atoms with Gasteiger partial charge in [0.25, 0.3) is 0 Å². The lowest BCUT2D eigenvalue weighted by Crippen LogP contribution is -2.51. The Hall–Kier alpha value is -0.610. The molecule has 0 radical (unpaired) electrons. The molecule has 0 aliphatic heterocycles. The number of hydrogen-bond donors (Lipinski definition) is 2. The van der Waals surface area contributed by atoms with Crippen molar-refractivity contribution in [1.82, 2.24) is 10.2 Å². The summed E-state index contributed by atoms with van der Waals surface area (Å²) in [5.41, 5.74) is -0.785. The van der Waals surface area contributed by atoms with Crippen LogP contribution < -0.4 is 5.32 Å². The van der Waals surface area contributed by atoms with E-state index in [4.69, 9.17) is 5.11 Å². The molecule has 0 amide bonds. The van der Waals surface area contributed by atoms with Gasteiger partial charge in [-0.2, -0.15) is 0 Å². The van der Waals surface area contributed by atoms with Gasteiger partial charge in [0.05, 0.1) is 0 Å². The van der Waals surface area contributed by atoms with Crippen molar-refractivity contribution in [3.05, 3.63) is 0 Å². The van der Waals surface area contributed by atoms with Crippen LogP contribution in [0.2, 0.25) is 0 Å². The fourth-order valence-electron chi connectivity index (χ4n) is 1.54. The van der Waals surface area contributed by atoms with E-state index >= 15 is 0 Å². The first-order valence-corrected chi connectivity index (χ1v) is 6.02. The normalized spacial score (nSPS) is 15.4. The highest BCUT2D eigenvalue weighted by Gasteiger charge is 2.31. The van der Waals surface area contributed by atoms with E-state index in [-0.39, 0.29) is 0 Å². The SMILES string of the molecule is CCCC(C)(NCCN(C)C(C)C)C(=O)O. The summed E-state index contributed by atoms with van der Waals surface area (Å²) < 4.78 is 0. The quantitative estimate of drug-likeness (QED) is 0.664. The van der Waals surface area contributed by atoms with Gasteiger partial charge < -0.3 is 15.3 Å². The first kappa shape index (κ1) is 15.4. The Morgan fingerprint density at radius 2 is 2.06 bits per heavy atom. The second-order valence-corrected chi connectivity index (χ2v) is 4.89. The minimum Gasteiger partial charge on any atom is -0.480 e. The van der Waals surface area contributed by atoms with Crippen LogP contribution in [0.15, 0.2) is 0 Å². The number of hydrogen-bond acceptors (Lipinski definition) is 3. The molecular weight excluding hydrogens is 204 g/mol. The molecule has 4 nitrogen and oxygen atoms in total. The molecule has 0 saturated carbocycles. The number of carboxylic acid groups (broad SMARTS) is 1. The Morgan fingerprint density at radius 3 is 2.44 bits per heavy atom. The highest BCUT2D eigenvalue weighted by Crippen LogP contribution is 2.12. The van der Waals surface area contributed by atoms with Crippen molar-refractivity contribution in [2.24, 2.45) is 0 Å². The molecule has 0 saturated heterocycles. The Balaban J connectivity index is 4.09. The van der Waals surface area contributed by atoms with Crippen molar-refractivity contribution in [2.45, 2.75) is 52.1 Å². The Kier molecular flexibility index (Phi) is 6.60. The van der Waals surface area contributed by atoms with E-state index < -0.39 is 11.5 Å². The molecule has 0 aliphatic rings. The van der Waals surface area contributed by atoms with Crippen LogP contribution in [0, 0.1) is 0 Å². The summed E-state index contributed by atoms with van der Waals surface area (Å²) in [6, 6.07) is 0.490. The van der Waals surface area contributed by atoms with E-state index in [1.165, 1.54) is 0 Å². The van der Waals surface area contributed by atoms with Gasteiger partial charge in [-0.15, -0.1) is 0 Å². The second kappa shape index (κ2) is 6.86. The molecule has 0 heterocycles. The summed E-state index contributed by atoms with van der Waals surface area (Å²) in [6.07, 6.45) is 1.53. The van der Waals surface area contributed by atoms with E-state index in [2.05, 4.69) is 24.1 Å². The predicted molar refractivity (Wildman–Crippen MR) is 66.7 cm³/mol. The average molecular weight is 230 g/mol. The number of rotatable bonds is 8. The maximum atomic E-state index is 11.1. The van der Waals surface area contributed by atoms with Crippen molar-refractivity contribution in [3.8, 4) is 0 Å². The number of likely N-dealkylation sites (N-methyl/N-ethyl adjacent to an activating group) is 1. The van der Waals surface area contributed by atoms with Crippen LogP contribution >= 0.6 is 0 Å². The van der Waals surface area contributed by atoms with Crippen molar-refractivity contribution in [2.75, 3.05) is 20.1 Å². The summed E-state index contributed by atoms with van der Waals surface area (Å²) in [7, 11) is 2.05.